The highest BCUT2D eigenvalue weighted by molar-refractivity contribution is 5.75. The average molecular weight is 365 g/mol. The van der Waals surface area contributed by atoms with Gasteiger partial charge in [-0.05, 0) is 43.6 Å². The van der Waals surface area contributed by atoms with Crippen molar-refractivity contribution in [2.24, 2.45) is 5.92 Å². The molecule has 2 aliphatic carbocycles. The van der Waals surface area contributed by atoms with Crippen LogP contribution in [0.4, 0.5) is 4.79 Å². The molecule has 0 radical (unpaired) electrons. The Labute approximate surface area is 159 Å². The van der Waals surface area contributed by atoms with E-state index in [4.69, 9.17) is 0 Å². The lowest BCUT2D eigenvalue weighted by Crippen LogP contribution is -2.45. The Morgan fingerprint density at radius 3 is 2.63 bits per heavy atom. The van der Waals surface area contributed by atoms with E-state index >= 15 is 0 Å². The second-order valence-electron chi connectivity index (χ2n) is 8.38. The van der Waals surface area contributed by atoms with Crippen LogP contribution in [-0.2, 0) is 6.54 Å². The van der Waals surface area contributed by atoms with Crippen LogP contribution in [0.25, 0.3) is 0 Å². The lowest BCUT2D eigenvalue weighted by atomic mass is 9.97. The molecule has 2 aromatic rings. The summed E-state index contributed by atoms with van der Waals surface area (Å²) in [6, 6.07) is 10.9. The first-order valence-electron chi connectivity index (χ1n) is 10.3. The zero-order valence-electron chi connectivity index (χ0n) is 15.6. The van der Waals surface area contributed by atoms with Crippen LogP contribution in [0.1, 0.15) is 55.2 Å². The van der Waals surface area contributed by atoms with Crippen LogP contribution < -0.4 is 5.32 Å². The molecule has 2 heterocycles. The van der Waals surface area contributed by atoms with Gasteiger partial charge in [-0.15, -0.1) is 5.10 Å². The monoisotopic (exact) mass is 365 g/mol. The smallest absolute Gasteiger partial charge is 0.317 e. The van der Waals surface area contributed by atoms with Gasteiger partial charge in [0.1, 0.15) is 0 Å². The Hall–Kier alpha value is -2.37. The average Bonchev–Trinajstić information content (AvgIpc) is 3.63. The molecule has 142 valence electrons. The molecule has 2 amide bonds. The summed E-state index contributed by atoms with van der Waals surface area (Å²) in [7, 11) is 0. The SMILES string of the molecule is O=C(N[C@H]1C[C@@H]1c1ccccc1)N1CCC(Cn2cc(C3CC3)nn2)CC1. The molecule has 6 nitrogen and oxygen atoms in total. The normalized spacial score (nSPS) is 25.4. The maximum Gasteiger partial charge on any atom is 0.317 e. The van der Waals surface area contributed by atoms with Crippen molar-refractivity contribution in [2.45, 2.75) is 56.5 Å². The Kier molecular flexibility index (Phi) is 4.34. The highest BCUT2D eigenvalue weighted by Gasteiger charge is 2.40. The van der Waals surface area contributed by atoms with Gasteiger partial charge >= 0.3 is 6.03 Å². The fourth-order valence-corrected chi connectivity index (χ4v) is 4.22. The number of nitrogens with zero attached hydrogens (tertiary/aromatic N) is 4. The summed E-state index contributed by atoms with van der Waals surface area (Å²) in [5.74, 6) is 1.73. The summed E-state index contributed by atoms with van der Waals surface area (Å²) in [5.41, 5.74) is 2.49. The van der Waals surface area contributed by atoms with E-state index in [9.17, 15) is 4.79 Å². The molecule has 1 aromatic carbocycles. The summed E-state index contributed by atoms with van der Waals surface area (Å²) in [6.07, 6.45) is 7.78. The third-order valence-corrected chi connectivity index (χ3v) is 6.23. The number of piperidine rings is 1. The Morgan fingerprint density at radius 2 is 1.89 bits per heavy atom. The molecular weight excluding hydrogens is 338 g/mol. The number of nitrogens with one attached hydrogen (secondary N) is 1. The largest absolute Gasteiger partial charge is 0.335 e. The van der Waals surface area contributed by atoms with Crippen LogP contribution in [0.2, 0.25) is 0 Å². The fourth-order valence-electron chi connectivity index (χ4n) is 4.22. The van der Waals surface area contributed by atoms with Gasteiger partial charge < -0.3 is 10.2 Å². The summed E-state index contributed by atoms with van der Waals surface area (Å²) in [4.78, 5) is 14.5. The molecule has 1 aromatic heterocycles. The minimum atomic E-state index is 0.105. The number of benzene rings is 1. The van der Waals surface area contributed by atoms with Crippen LogP contribution in [-0.4, -0.2) is 45.1 Å². The molecule has 1 saturated heterocycles. The number of aromatic nitrogens is 3. The fraction of sp³-hybridized carbons (Fsp3) is 0.571. The van der Waals surface area contributed by atoms with Crippen molar-refractivity contribution in [1.82, 2.24) is 25.2 Å². The van der Waals surface area contributed by atoms with Gasteiger partial charge in [-0.2, -0.15) is 0 Å². The third kappa shape index (κ3) is 3.84. The van der Waals surface area contributed by atoms with Crippen LogP contribution in [0.5, 0.6) is 0 Å². The highest BCUT2D eigenvalue weighted by Crippen LogP contribution is 2.41. The highest BCUT2D eigenvalue weighted by atomic mass is 16.2. The number of likely N-dealkylation sites (tertiary alicyclic amines) is 1. The number of urea groups is 1. The number of carbonyl (C=O) groups is 1. The lowest BCUT2D eigenvalue weighted by Gasteiger charge is -2.32. The second-order valence-corrected chi connectivity index (χ2v) is 8.38. The first-order valence-corrected chi connectivity index (χ1v) is 10.3. The Bertz CT molecular complexity index is 792. The molecule has 1 N–H and O–H groups in total. The van der Waals surface area contributed by atoms with Crippen molar-refractivity contribution in [3.8, 4) is 0 Å². The van der Waals surface area contributed by atoms with Gasteiger partial charge in [0.15, 0.2) is 0 Å². The molecular formula is C21H27N5O. The summed E-state index contributed by atoms with van der Waals surface area (Å²) in [6.45, 7) is 2.60. The minimum Gasteiger partial charge on any atom is -0.335 e. The molecule has 6 heteroatoms. The molecule has 0 spiro atoms. The molecule has 0 bridgehead atoms. The summed E-state index contributed by atoms with van der Waals surface area (Å²) in [5, 5.41) is 11.8. The number of rotatable bonds is 5. The van der Waals surface area contributed by atoms with E-state index in [2.05, 4.69) is 46.1 Å². The van der Waals surface area contributed by atoms with Crippen molar-refractivity contribution in [3.63, 3.8) is 0 Å². The topological polar surface area (TPSA) is 63.1 Å². The standard InChI is InChI=1S/C21H27N5O/c27-21(22-19-12-18(19)16-4-2-1-3-5-16)25-10-8-15(9-11-25)13-26-14-20(23-24-26)17-6-7-17/h1-5,14-15,17-19H,6-13H2,(H,22,27)/t18-,19+/m1/s1. The van der Waals surface area contributed by atoms with E-state index in [0.29, 0.717) is 23.8 Å². The van der Waals surface area contributed by atoms with Gasteiger partial charge in [0.25, 0.3) is 0 Å². The van der Waals surface area contributed by atoms with Crippen molar-refractivity contribution in [3.05, 3.63) is 47.8 Å². The van der Waals surface area contributed by atoms with E-state index in [-0.39, 0.29) is 6.03 Å². The molecule has 3 aliphatic rings. The van der Waals surface area contributed by atoms with Gasteiger partial charge in [0, 0.05) is 43.7 Å². The van der Waals surface area contributed by atoms with Gasteiger partial charge in [-0.25, -0.2) is 4.79 Å². The van der Waals surface area contributed by atoms with E-state index in [1.807, 2.05) is 15.6 Å². The van der Waals surface area contributed by atoms with Crippen molar-refractivity contribution < 1.29 is 4.79 Å². The maximum atomic E-state index is 12.6. The second kappa shape index (κ2) is 6.98. The van der Waals surface area contributed by atoms with Crippen LogP contribution in [0.3, 0.4) is 0 Å². The van der Waals surface area contributed by atoms with Gasteiger partial charge in [0.05, 0.1) is 5.69 Å². The molecule has 27 heavy (non-hydrogen) atoms. The Balaban J connectivity index is 1.07. The van der Waals surface area contributed by atoms with E-state index < -0.39 is 0 Å². The van der Waals surface area contributed by atoms with Gasteiger partial charge in [-0.3, -0.25) is 4.68 Å². The molecule has 0 unspecified atom stereocenters. The molecule has 3 fully saturated rings. The molecule has 2 atom stereocenters. The third-order valence-electron chi connectivity index (χ3n) is 6.23. The van der Waals surface area contributed by atoms with E-state index in [1.54, 1.807) is 0 Å². The van der Waals surface area contributed by atoms with Crippen molar-refractivity contribution in [2.75, 3.05) is 13.1 Å². The minimum absolute atomic E-state index is 0.105. The van der Waals surface area contributed by atoms with Crippen LogP contribution in [0.15, 0.2) is 36.5 Å². The van der Waals surface area contributed by atoms with E-state index in [1.165, 1.54) is 18.4 Å². The number of hydrogen-bond donors (Lipinski definition) is 1. The summed E-state index contributed by atoms with van der Waals surface area (Å²) < 4.78 is 2.00. The first kappa shape index (κ1) is 16.8. The van der Waals surface area contributed by atoms with E-state index in [0.717, 1.165) is 44.6 Å². The predicted molar refractivity (Wildman–Crippen MR) is 102 cm³/mol. The number of carbonyl (C=O) groups excluding carboxylic acids is 1. The summed E-state index contributed by atoms with van der Waals surface area (Å²) >= 11 is 0. The zero-order valence-corrected chi connectivity index (χ0v) is 15.6. The first-order chi connectivity index (χ1) is 13.3. The maximum absolute atomic E-state index is 12.6. The van der Waals surface area contributed by atoms with Crippen LogP contribution in [0, 0.1) is 5.92 Å². The van der Waals surface area contributed by atoms with Crippen molar-refractivity contribution in [1.29, 1.82) is 0 Å². The predicted octanol–water partition coefficient (Wildman–Crippen LogP) is 3.13. The quantitative estimate of drug-likeness (QED) is 0.885. The molecule has 1 aliphatic heterocycles. The number of hydrogen-bond acceptors (Lipinski definition) is 3. The zero-order chi connectivity index (χ0) is 18.2. The van der Waals surface area contributed by atoms with Gasteiger partial charge in [0.2, 0.25) is 0 Å². The molecule has 2 saturated carbocycles. The number of amides is 2. The van der Waals surface area contributed by atoms with Crippen molar-refractivity contribution >= 4 is 6.03 Å². The van der Waals surface area contributed by atoms with Gasteiger partial charge in [-0.1, -0.05) is 35.5 Å². The Morgan fingerprint density at radius 1 is 1.11 bits per heavy atom. The van der Waals surface area contributed by atoms with Crippen LogP contribution >= 0.6 is 0 Å². The molecule has 5 rings (SSSR count). The lowest BCUT2D eigenvalue weighted by molar-refractivity contribution is 0.163.